The van der Waals surface area contributed by atoms with Gasteiger partial charge in [-0.2, -0.15) is 0 Å². The number of aryl methyl sites for hydroxylation is 1. The van der Waals surface area contributed by atoms with Gasteiger partial charge >= 0.3 is 0 Å². The minimum absolute atomic E-state index is 0. The zero-order valence-corrected chi connectivity index (χ0v) is 21.1. The number of hydrogen-bond donors (Lipinski definition) is 1. The molecule has 2 aromatic rings. The van der Waals surface area contributed by atoms with Gasteiger partial charge in [0.25, 0.3) is 0 Å². The molecule has 0 spiro atoms. The van der Waals surface area contributed by atoms with Crippen LogP contribution in [0, 0.1) is 5.92 Å². The molecule has 8 heteroatoms. The van der Waals surface area contributed by atoms with Gasteiger partial charge in [-0.3, -0.25) is 4.90 Å². The second kappa shape index (κ2) is 11.8. The fraction of sp³-hybridized carbons (Fsp3) is 0.609. The van der Waals surface area contributed by atoms with Gasteiger partial charge in [0.05, 0.1) is 0 Å². The van der Waals surface area contributed by atoms with Gasteiger partial charge in [0.15, 0.2) is 11.8 Å². The molecule has 4 rings (SSSR count). The minimum Gasteiger partial charge on any atom is -0.357 e. The molecule has 3 heterocycles. The maximum absolute atomic E-state index is 4.91. The summed E-state index contributed by atoms with van der Waals surface area (Å²) < 4.78 is 2.06. The standard InChI is InChI=1S/C23H35N7.HI/c1-3-24-23(25-15-22-27-26-18-28(22)4-2)30-14-12-21-20(17-30)11-8-13-29(21)16-19-9-6-5-7-10-19;/h5-7,9-10,18,20-21H,3-4,8,11-17H2,1-2H3,(H,24,25);1H. The first kappa shape index (κ1) is 24.0. The summed E-state index contributed by atoms with van der Waals surface area (Å²) in [5, 5.41) is 11.8. The third-order valence-corrected chi connectivity index (χ3v) is 6.45. The lowest BCUT2D eigenvalue weighted by molar-refractivity contribution is 0.0372. The molecule has 0 bridgehead atoms. The number of rotatable bonds is 6. The number of aliphatic imine (C=N–C) groups is 1. The van der Waals surface area contributed by atoms with E-state index in [0.717, 1.165) is 44.5 Å². The number of aromatic nitrogens is 3. The van der Waals surface area contributed by atoms with Crippen molar-refractivity contribution in [2.75, 3.05) is 26.2 Å². The Balaban J connectivity index is 0.00000272. The van der Waals surface area contributed by atoms with Crippen molar-refractivity contribution in [2.45, 2.75) is 58.8 Å². The number of fused-ring (bicyclic) bond motifs is 1. The van der Waals surface area contributed by atoms with Crippen LogP contribution < -0.4 is 5.32 Å². The molecule has 1 aromatic carbocycles. The lowest BCUT2D eigenvalue weighted by Crippen LogP contribution is -2.56. The third-order valence-electron chi connectivity index (χ3n) is 6.45. The van der Waals surface area contributed by atoms with Crippen molar-refractivity contribution in [3.8, 4) is 0 Å². The molecule has 2 aliphatic heterocycles. The molecule has 2 fully saturated rings. The monoisotopic (exact) mass is 537 g/mol. The first-order chi connectivity index (χ1) is 14.8. The third kappa shape index (κ3) is 5.97. The van der Waals surface area contributed by atoms with Crippen molar-refractivity contribution < 1.29 is 0 Å². The molecule has 31 heavy (non-hydrogen) atoms. The van der Waals surface area contributed by atoms with E-state index in [9.17, 15) is 0 Å². The average molecular weight is 537 g/mol. The summed E-state index contributed by atoms with van der Waals surface area (Å²) in [6, 6.07) is 11.6. The summed E-state index contributed by atoms with van der Waals surface area (Å²) in [5.41, 5.74) is 1.43. The van der Waals surface area contributed by atoms with Gasteiger partial charge in [-0.05, 0) is 51.1 Å². The van der Waals surface area contributed by atoms with Crippen LogP contribution in [0.15, 0.2) is 41.7 Å². The Morgan fingerprint density at radius 3 is 2.77 bits per heavy atom. The van der Waals surface area contributed by atoms with Gasteiger partial charge in [0.1, 0.15) is 12.9 Å². The fourth-order valence-corrected chi connectivity index (χ4v) is 4.95. The molecule has 170 valence electrons. The summed E-state index contributed by atoms with van der Waals surface area (Å²) in [5.74, 6) is 2.65. The molecule has 7 nitrogen and oxygen atoms in total. The molecular formula is C23H36IN7. The number of likely N-dealkylation sites (tertiary alicyclic amines) is 2. The molecular weight excluding hydrogens is 501 g/mol. The Bertz CT molecular complexity index is 822. The zero-order chi connectivity index (χ0) is 20.8. The van der Waals surface area contributed by atoms with Crippen LogP contribution in [0.3, 0.4) is 0 Å². The van der Waals surface area contributed by atoms with Crippen molar-refractivity contribution in [2.24, 2.45) is 10.9 Å². The van der Waals surface area contributed by atoms with Crippen LogP contribution in [0.4, 0.5) is 0 Å². The highest BCUT2D eigenvalue weighted by Crippen LogP contribution is 2.31. The second-order valence-electron chi connectivity index (χ2n) is 8.36. The van der Waals surface area contributed by atoms with Crippen molar-refractivity contribution in [1.82, 2.24) is 29.9 Å². The van der Waals surface area contributed by atoms with Crippen LogP contribution in [0.2, 0.25) is 0 Å². The molecule has 0 radical (unpaired) electrons. The molecule has 0 saturated carbocycles. The molecule has 2 aliphatic rings. The number of nitrogens with zero attached hydrogens (tertiary/aromatic N) is 6. The van der Waals surface area contributed by atoms with E-state index < -0.39 is 0 Å². The van der Waals surface area contributed by atoms with Crippen LogP contribution in [0.5, 0.6) is 0 Å². The van der Waals surface area contributed by atoms with E-state index in [1.165, 1.54) is 31.4 Å². The van der Waals surface area contributed by atoms with Crippen molar-refractivity contribution in [3.05, 3.63) is 48.0 Å². The average Bonchev–Trinajstić information content (AvgIpc) is 3.25. The van der Waals surface area contributed by atoms with Gasteiger partial charge in [-0.25, -0.2) is 4.99 Å². The number of halogens is 1. The van der Waals surface area contributed by atoms with Crippen molar-refractivity contribution >= 4 is 29.9 Å². The Morgan fingerprint density at radius 1 is 1.16 bits per heavy atom. The number of guanidine groups is 1. The van der Waals surface area contributed by atoms with E-state index in [1.807, 2.05) is 0 Å². The zero-order valence-electron chi connectivity index (χ0n) is 18.8. The predicted octanol–water partition coefficient (Wildman–Crippen LogP) is 3.37. The molecule has 1 aromatic heterocycles. The van der Waals surface area contributed by atoms with E-state index in [0.29, 0.717) is 18.5 Å². The Hall–Kier alpha value is -1.68. The highest BCUT2D eigenvalue weighted by Gasteiger charge is 2.36. The summed E-state index contributed by atoms with van der Waals surface area (Å²) >= 11 is 0. The number of piperidine rings is 2. The first-order valence-electron chi connectivity index (χ1n) is 11.5. The van der Waals surface area contributed by atoms with Crippen molar-refractivity contribution in [3.63, 3.8) is 0 Å². The first-order valence-corrected chi connectivity index (χ1v) is 11.5. The van der Waals surface area contributed by atoms with Gasteiger partial charge < -0.3 is 14.8 Å². The van der Waals surface area contributed by atoms with Gasteiger partial charge in [0.2, 0.25) is 0 Å². The Kier molecular flexibility index (Phi) is 9.13. The summed E-state index contributed by atoms with van der Waals surface area (Å²) in [6.07, 6.45) is 5.59. The number of hydrogen-bond acceptors (Lipinski definition) is 4. The quantitative estimate of drug-likeness (QED) is 0.348. The molecule has 2 saturated heterocycles. The molecule has 0 amide bonds. The van der Waals surface area contributed by atoms with E-state index in [-0.39, 0.29) is 24.0 Å². The normalized spacial score (nSPS) is 22.0. The Labute approximate surface area is 203 Å². The number of benzene rings is 1. The highest BCUT2D eigenvalue weighted by molar-refractivity contribution is 14.0. The fourth-order valence-electron chi connectivity index (χ4n) is 4.95. The van der Waals surface area contributed by atoms with Gasteiger partial charge in [-0.15, -0.1) is 34.2 Å². The lowest BCUT2D eigenvalue weighted by atomic mass is 9.83. The predicted molar refractivity (Wildman–Crippen MR) is 135 cm³/mol. The van der Waals surface area contributed by atoms with E-state index in [2.05, 4.69) is 74.1 Å². The smallest absolute Gasteiger partial charge is 0.194 e. The SMILES string of the molecule is CCNC(=NCc1nncn1CC)N1CCC2C(CCCN2Cc2ccccc2)C1.I. The van der Waals surface area contributed by atoms with E-state index in [1.54, 1.807) is 6.33 Å². The topological polar surface area (TPSA) is 61.6 Å². The maximum atomic E-state index is 4.91. The van der Waals surface area contributed by atoms with Crippen LogP contribution >= 0.6 is 24.0 Å². The van der Waals surface area contributed by atoms with Gasteiger partial charge in [0, 0.05) is 38.8 Å². The van der Waals surface area contributed by atoms with Crippen LogP contribution in [0.25, 0.3) is 0 Å². The lowest BCUT2D eigenvalue weighted by Gasteiger charge is -2.48. The molecule has 2 unspecified atom stereocenters. The van der Waals surface area contributed by atoms with Crippen molar-refractivity contribution in [1.29, 1.82) is 0 Å². The Morgan fingerprint density at radius 2 is 2.00 bits per heavy atom. The van der Waals surface area contributed by atoms with Crippen LogP contribution in [-0.2, 0) is 19.6 Å². The van der Waals surface area contributed by atoms with Crippen LogP contribution in [0.1, 0.15) is 44.5 Å². The summed E-state index contributed by atoms with van der Waals surface area (Å²) in [6.45, 7) is 11.0. The summed E-state index contributed by atoms with van der Waals surface area (Å²) in [4.78, 5) is 10.1. The largest absolute Gasteiger partial charge is 0.357 e. The highest BCUT2D eigenvalue weighted by atomic mass is 127. The molecule has 2 atom stereocenters. The summed E-state index contributed by atoms with van der Waals surface area (Å²) in [7, 11) is 0. The van der Waals surface area contributed by atoms with Gasteiger partial charge in [-0.1, -0.05) is 30.3 Å². The molecule has 1 N–H and O–H groups in total. The number of nitrogens with one attached hydrogen (secondary N) is 1. The maximum Gasteiger partial charge on any atom is 0.194 e. The van der Waals surface area contributed by atoms with E-state index in [4.69, 9.17) is 4.99 Å². The van der Waals surface area contributed by atoms with Crippen LogP contribution in [-0.4, -0.2) is 62.7 Å². The molecule has 0 aliphatic carbocycles. The van der Waals surface area contributed by atoms with E-state index >= 15 is 0 Å². The minimum atomic E-state index is 0. The second-order valence-corrected chi connectivity index (χ2v) is 8.36.